The Morgan fingerprint density at radius 1 is 1.26 bits per heavy atom. The first-order valence-corrected chi connectivity index (χ1v) is 5.92. The topological polar surface area (TPSA) is 84.4 Å². The number of aromatic nitrogens is 2. The predicted molar refractivity (Wildman–Crippen MR) is 66.6 cm³/mol. The summed E-state index contributed by atoms with van der Waals surface area (Å²) in [7, 11) is 0. The van der Waals surface area contributed by atoms with Gasteiger partial charge in [0.05, 0.1) is 19.4 Å². The maximum absolute atomic E-state index is 10.8. The summed E-state index contributed by atoms with van der Waals surface area (Å²) in [5.74, 6) is 0.815. The lowest BCUT2D eigenvalue weighted by Gasteiger charge is -2.08. The number of fused-ring (bicyclic) bond motifs is 1. The van der Waals surface area contributed by atoms with Gasteiger partial charge in [-0.3, -0.25) is 0 Å². The molecule has 0 saturated heterocycles. The van der Waals surface area contributed by atoms with Crippen LogP contribution in [0, 0.1) is 0 Å². The lowest BCUT2D eigenvalue weighted by Crippen LogP contribution is -1.97. The number of aromatic carboxylic acids is 1. The molecule has 0 aliphatic carbocycles. The molecule has 98 valence electrons. The third-order valence-corrected chi connectivity index (χ3v) is 2.83. The molecule has 2 heterocycles. The maximum atomic E-state index is 10.8. The molecule has 1 aliphatic heterocycles. The van der Waals surface area contributed by atoms with Crippen LogP contribution >= 0.6 is 0 Å². The first kappa shape index (κ1) is 11.6. The quantitative estimate of drug-likeness (QED) is 0.861. The molecule has 1 aromatic heterocycles. The fourth-order valence-electron chi connectivity index (χ4n) is 1.89. The first-order valence-electron chi connectivity index (χ1n) is 5.92. The minimum absolute atomic E-state index is 0.0575. The minimum atomic E-state index is -1.03. The van der Waals surface area contributed by atoms with Gasteiger partial charge < -0.3 is 19.6 Å². The van der Waals surface area contributed by atoms with Crippen LogP contribution in [0.25, 0.3) is 11.4 Å². The number of carboxylic acid groups (broad SMARTS) is 1. The van der Waals surface area contributed by atoms with Crippen LogP contribution in [-0.2, 0) is 0 Å². The van der Waals surface area contributed by atoms with Crippen molar-refractivity contribution in [2.24, 2.45) is 0 Å². The number of ether oxygens (including phenoxy) is 2. The van der Waals surface area contributed by atoms with Gasteiger partial charge in [0.2, 0.25) is 0 Å². The Balaban J connectivity index is 1.96. The smallest absolute Gasteiger partial charge is 0.353 e. The number of rotatable bonds is 2. The van der Waals surface area contributed by atoms with Crippen molar-refractivity contribution < 1.29 is 19.4 Å². The molecule has 3 rings (SSSR count). The summed E-state index contributed by atoms with van der Waals surface area (Å²) in [4.78, 5) is 17.6. The normalized spacial score (nSPS) is 13.9. The van der Waals surface area contributed by atoms with Gasteiger partial charge in [0.1, 0.15) is 11.5 Å². The van der Waals surface area contributed by atoms with Crippen molar-refractivity contribution in [3.05, 3.63) is 30.1 Å². The summed E-state index contributed by atoms with van der Waals surface area (Å²) in [6, 6.07) is 5.42. The van der Waals surface area contributed by atoms with E-state index in [-0.39, 0.29) is 5.69 Å². The number of carbonyl (C=O) groups is 1. The second-order valence-electron chi connectivity index (χ2n) is 4.16. The Kier molecular flexibility index (Phi) is 2.83. The molecule has 0 spiro atoms. The van der Waals surface area contributed by atoms with Crippen LogP contribution in [0.4, 0.5) is 0 Å². The molecule has 6 heteroatoms. The van der Waals surface area contributed by atoms with Gasteiger partial charge in [-0.2, -0.15) is 0 Å². The zero-order valence-electron chi connectivity index (χ0n) is 10.0. The third-order valence-electron chi connectivity index (χ3n) is 2.83. The van der Waals surface area contributed by atoms with Gasteiger partial charge in [0.15, 0.2) is 11.5 Å². The lowest BCUT2D eigenvalue weighted by molar-refractivity contribution is 0.0691. The molecule has 0 radical (unpaired) electrons. The van der Waals surface area contributed by atoms with Crippen molar-refractivity contribution >= 4 is 5.97 Å². The van der Waals surface area contributed by atoms with Gasteiger partial charge in [0.25, 0.3) is 0 Å². The van der Waals surface area contributed by atoms with Gasteiger partial charge in [-0.25, -0.2) is 9.78 Å². The second-order valence-corrected chi connectivity index (χ2v) is 4.16. The Hall–Kier alpha value is -2.50. The number of H-pyrrole nitrogens is 1. The Bertz CT molecular complexity index is 621. The molecule has 0 unspecified atom stereocenters. The van der Waals surface area contributed by atoms with Crippen LogP contribution in [-0.4, -0.2) is 34.3 Å². The average molecular weight is 260 g/mol. The summed E-state index contributed by atoms with van der Waals surface area (Å²) in [6.07, 6.45) is 2.13. The van der Waals surface area contributed by atoms with Gasteiger partial charge in [-0.15, -0.1) is 0 Å². The number of carboxylic acids is 1. The molecule has 0 amide bonds. The van der Waals surface area contributed by atoms with E-state index in [1.54, 1.807) is 12.1 Å². The molecule has 1 aliphatic rings. The number of benzene rings is 1. The van der Waals surface area contributed by atoms with Crippen LogP contribution in [0.15, 0.2) is 24.4 Å². The third kappa shape index (κ3) is 2.24. The van der Waals surface area contributed by atoms with E-state index < -0.39 is 5.97 Å². The molecular formula is C13H12N2O4. The van der Waals surface area contributed by atoms with Gasteiger partial charge in [0, 0.05) is 12.0 Å². The Morgan fingerprint density at radius 2 is 2.05 bits per heavy atom. The number of hydrogen-bond acceptors (Lipinski definition) is 4. The van der Waals surface area contributed by atoms with E-state index in [0.717, 1.165) is 12.0 Å². The zero-order chi connectivity index (χ0) is 13.2. The average Bonchev–Trinajstić information content (AvgIpc) is 2.78. The number of nitrogens with one attached hydrogen (secondary N) is 1. The summed E-state index contributed by atoms with van der Waals surface area (Å²) >= 11 is 0. The van der Waals surface area contributed by atoms with Gasteiger partial charge in [-0.1, -0.05) is 0 Å². The van der Waals surface area contributed by atoms with E-state index in [0.29, 0.717) is 30.5 Å². The molecule has 0 saturated carbocycles. The van der Waals surface area contributed by atoms with Gasteiger partial charge in [-0.05, 0) is 18.2 Å². The summed E-state index contributed by atoms with van der Waals surface area (Å²) in [6.45, 7) is 1.24. The van der Waals surface area contributed by atoms with Crippen molar-refractivity contribution in [3.63, 3.8) is 0 Å². The van der Waals surface area contributed by atoms with E-state index in [1.165, 1.54) is 6.20 Å². The summed E-state index contributed by atoms with van der Waals surface area (Å²) < 4.78 is 11.1. The highest BCUT2D eigenvalue weighted by Crippen LogP contribution is 2.33. The van der Waals surface area contributed by atoms with Crippen LogP contribution < -0.4 is 9.47 Å². The molecule has 0 atom stereocenters. The molecule has 2 N–H and O–H groups in total. The van der Waals surface area contributed by atoms with Crippen LogP contribution in [0.3, 0.4) is 0 Å². The lowest BCUT2D eigenvalue weighted by atomic mass is 10.2. The SMILES string of the molecule is O=C(O)c1cnc(-c2ccc3c(c2)OCCCO3)[nH]1. The molecule has 2 aromatic rings. The summed E-state index contributed by atoms with van der Waals surface area (Å²) in [5.41, 5.74) is 0.818. The number of nitrogens with zero attached hydrogens (tertiary/aromatic N) is 1. The van der Waals surface area contributed by atoms with Gasteiger partial charge >= 0.3 is 5.97 Å². The van der Waals surface area contributed by atoms with E-state index in [4.69, 9.17) is 14.6 Å². The van der Waals surface area contributed by atoms with Crippen molar-refractivity contribution in [1.82, 2.24) is 9.97 Å². The van der Waals surface area contributed by atoms with Crippen molar-refractivity contribution in [2.45, 2.75) is 6.42 Å². The predicted octanol–water partition coefficient (Wildman–Crippen LogP) is 1.94. The largest absolute Gasteiger partial charge is 0.490 e. The first-order chi connectivity index (χ1) is 9.24. The molecule has 0 fully saturated rings. The standard InChI is InChI=1S/C13H12N2O4/c16-13(17)9-7-14-12(15-9)8-2-3-10-11(6-8)19-5-1-4-18-10/h2-3,6-7H,1,4-5H2,(H,14,15)(H,16,17). The molecule has 0 bridgehead atoms. The fourth-order valence-corrected chi connectivity index (χ4v) is 1.89. The maximum Gasteiger partial charge on any atom is 0.353 e. The molecular weight excluding hydrogens is 248 g/mol. The zero-order valence-corrected chi connectivity index (χ0v) is 10.0. The van der Waals surface area contributed by atoms with E-state index in [9.17, 15) is 4.79 Å². The number of imidazole rings is 1. The molecule has 6 nitrogen and oxygen atoms in total. The Morgan fingerprint density at radius 3 is 2.79 bits per heavy atom. The van der Waals surface area contributed by atoms with Crippen molar-refractivity contribution in [1.29, 1.82) is 0 Å². The molecule has 19 heavy (non-hydrogen) atoms. The number of aromatic amines is 1. The van der Waals surface area contributed by atoms with E-state index in [1.807, 2.05) is 6.07 Å². The highest BCUT2D eigenvalue weighted by Gasteiger charge is 2.14. The molecule has 1 aromatic carbocycles. The van der Waals surface area contributed by atoms with Crippen LogP contribution in [0.1, 0.15) is 16.9 Å². The fraction of sp³-hybridized carbons (Fsp3) is 0.231. The van der Waals surface area contributed by atoms with Crippen LogP contribution in [0.2, 0.25) is 0 Å². The van der Waals surface area contributed by atoms with E-state index >= 15 is 0 Å². The minimum Gasteiger partial charge on any atom is -0.490 e. The highest BCUT2D eigenvalue weighted by molar-refractivity contribution is 5.85. The highest BCUT2D eigenvalue weighted by atomic mass is 16.5. The monoisotopic (exact) mass is 260 g/mol. The Labute approximate surface area is 109 Å². The van der Waals surface area contributed by atoms with Crippen molar-refractivity contribution in [2.75, 3.05) is 13.2 Å². The van der Waals surface area contributed by atoms with Crippen LogP contribution in [0.5, 0.6) is 11.5 Å². The van der Waals surface area contributed by atoms with E-state index in [2.05, 4.69) is 9.97 Å². The number of hydrogen-bond donors (Lipinski definition) is 2. The second kappa shape index (κ2) is 4.64. The summed E-state index contributed by atoms with van der Waals surface area (Å²) in [5, 5.41) is 8.86. The van der Waals surface area contributed by atoms with Crippen molar-refractivity contribution in [3.8, 4) is 22.9 Å².